The summed E-state index contributed by atoms with van der Waals surface area (Å²) in [6.45, 7) is 4.99. The Morgan fingerprint density at radius 1 is 1.10 bits per heavy atom. The van der Waals surface area contributed by atoms with Gasteiger partial charge in [-0.3, -0.25) is 4.79 Å². The maximum atomic E-state index is 12.2. The number of hydrogen-bond donors (Lipinski definition) is 1. The lowest BCUT2D eigenvalue weighted by molar-refractivity contribution is -0.130. The largest absolute Gasteiger partial charge is 0.507 e. The highest BCUT2D eigenvalue weighted by Crippen LogP contribution is 2.26. The van der Waals surface area contributed by atoms with E-state index in [0.29, 0.717) is 5.56 Å². The minimum atomic E-state index is -0.587. The van der Waals surface area contributed by atoms with Gasteiger partial charge in [-0.25, -0.2) is 4.79 Å². The first-order valence-corrected chi connectivity index (χ1v) is 6.29. The molecule has 21 heavy (non-hydrogen) atoms. The summed E-state index contributed by atoms with van der Waals surface area (Å²) in [7, 11) is 0. The Hall–Kier alpha value is -2.88. The summed E-state index contributed by atoms with van der Waals surface area (Å²) in [6, 6.07) is 12.7. The Morgan fingerprint density at radius 2 is 1.76 bits per heavy atom. The van der Waals surface area contributed by atoms with Crippen LogP contribution in [0, 0.1) is 0 Å². The van der Waals surface area contributed by atoms with Gasteiger partial charge in [-0.2, -0.15) is 0 Å². The maximum absolute atomic E-state index is 12.2. The van der Waals surface area contributed by atoms with Gasteiger partial charge in [-0.15, -0.1) is 0 Å². The highest BCUT2D eigenvalue weighted by atomic mass is 16.5. The summed E-state index contributed by atoms with van der Waals surface area (Å²) in [5, 5.41) is 9.94. The summed E-state index contributed by atoms with van der Waals surface area (Å²) in [6.07, 6.45) is 0. The normalized spacial score (nSPS) is 9.95. The second kappa shape index (κ2) is 6.05. The van der Waals surface area contributed by atoms with Crippen molar-refractivity contribution in [2.45, 2.75) is 6.92 Å². The fourth-order valence-corrected chi connectivity index (χ4v) is 1.71. The molecule has 4 heteroatoms. The second-order valence-electron chi connectivity index (χ2n) is 4.54. The van der Waals surface area contributed by atoms with E-state index in [1.165, 1.54) is 25.1 Å². The number of ketones is 1. The van der Waals surface area contributed by atoms with Gasteiger partial charge in [0.05, 0.1) is 5.56 Å². The lowest BCUT2D eigenvalue weighted by Gasteiger charge is -2.07. The van der Waals surface area contributed by atoms with Crippen LogP contribution in [0.4, 0.5) is 0 Å². The molecular weight excluding hydrogens is 268 g/mol. The number of hydrogen-bond acceptors (Lipinski definition) is 4. The Kier molecular flexibility index (Phi) is 4.18. The van der Waals surface area contributed by atoms with Gasteiger partial charge in [-0.1, -0.05) is 36.9 Å². The minimum absolute atomic E-state index is 0.149. The highest BCUT2D eigenvalue weighted by molar-refractivity contribution is 6.10. The van der Waals surface area contributed by atoms with Crippen LogP contribution in [0.5, 0.6) is 11.5 Å². The predicted molar refractivity (Wildman–Crippen MR) is 78.4 cm³/mol. The SMILES string of the molecule is C=C(C)C(=O)Oc1ccc(C(=O)c2ccccc2)c(O)c1. The van der Waals surface area contributed by atoms with Gasteiger partial charge in [0.15, 0.2) is 5.78 Å². The van der Waals surface area contributed by atoms with Gasteiger partial charge in [-0.05, 0) is 19.1 Å². The van der Waals surface area contributed by atoms with Gasteiger partial charge >= 0.3 is 5.97 Å². The number of phenolic OH excluding ortho intramolecular Hbond substituents is 1. The lowest BCUT2D eigenvalue weighted by atomic mass is 10.0. The molecule has 0 saturated carbocycles. The van der Waals surface area contributed by atoms with E-state index < -0.39 is 5.97 Å². The molecule has 0 radical (unpaired) electrons. The molecule has 0 saturated heterocycles. The van der Waals surface area contributed by atoms with Crippen LogP contribution in [0.1, 0.15) is 22.8 Å². The van der Waals surface area contributed by atoms with Crippen molar-refractivity contribution in [2.24, 2.45) is 0 Å². The first kappa shape index (κ1) is 14.5. The zero-order chi connectivity index (χ0) is 15.4. The van der Waals surface area contributed by atoms with Crippen molar-refractivity contribution < 1.29 is 19.4 Å². The van der Waals surface area contributed by atoms with Gasteiger partial charge in [0.25, 0.3) is 0 Å². The molecule has 0 heterocycles. The van der Waals surface area contributed by atoms with Gasteiger partial charge < -0.3 is 9.84 Å². The predicted octanol–water partition coefficient (Wildman–Crippen LogP) is 3.10. The zero-order valence-electron chi connectivity index (χ0n) is 11.5. The first-order chi connectivity index (χ1) is 9.99. The second-order valence-corrected chi connectivity index (χ2v) is 4.54. The molecule has 0 unspecified atom stereocenters. The Labute approximate surface area is 122 Å². The van der Waals surface area contributed by atoms with E-state index in [2.05, 4.69) is 6.58 Å². The standard InChI is InChI=1S/C17H14O4/c1-11(2)17(20)21-13-8-9-14(15(18)10-13)16(19)12-6-4-3-5-7-12/h3-10,18H,1H2,2H3. The molecule has 0 aliphatic carbocycles. The van der Waals surface area contributed by atoms with Gasteiger partial charge in [0, 0.05) is 17.2 Å². The van der Waals surface area contributed by atoms with Crippen LogP contribution in [0.15, 0.2) is 60.7 Å². The molecule has 0 fully saturated rings. The van der Waals surface area contributed by atoms with Crippen LogP contribution in [0.3, 0.4) is 0 Å². The third-order valence-corrected chi connectivity index (χ3v) is 2.81. The smallest absolute Gasteiger partial charge is 0.338 e. The molecule has 0 aliphatic rings. The van der Waals surface area contributed by atoms with E-state index >= 15 is 0 Å². The quantitative estimate of drug-likeness (QED) is 0.405. The van der Waals surface area contributed by atoms with E-state index in [4.69, 9.17) is 4.74 Å². The molecule has 4 nitrogen and oxygen atoms in total. The number of aromatic hydroxyl groups is 1. The van der Waals surface area contributed by atoms with Crippen LogP contribution in [0.25, 0.3) is 0 Å². The third kappa shape index (κ3) is 3.36. The number of ether oxygens (including phenoxy) is 1. The van der Waals surface area contributed by atoms with E-state index in [1.807, 2.05) is 0 Å². The summed E-state index contributed by atoms with van der Waals surface area (Å²) in [5.74, 6) is -0.969. The van der Waals surface area contributed by atoms with Crippen molar-refractivity contribution in [2.75, 3.05) is 0 Å². The molecule has 2 rings (SSSR count). The summed E-state index contributed by atoms with van der Waals surface area (Å²) < 4.78 is 4.99. The van der Waals surface area contributed by atoms with E-state index in [0.717, 1.165) is 0 Å². The molecule has 106 valence electrons. The van der Waals surface area contributed by atoms with Gasteiger partial charge in [0.2, 0.25) is 0 Å². The number of rotatable bonds is 4. The van der Waals surface area contributed by atoms with E-state index in [-0.39, 0.29) is 28.4 Å². The minimum Gasteiger partial charge on any atom is -0.507 e. The summed E-state index contributed by atoms with van der Waals surface area (Å²) >= 11 is 0. The molecule has 1 N–H and O–H groups in total. The number of benzene rings is 2. The van der Waals surface area contributed by atoms with Crippen molar-refractivity contribution >= 4 is 11.8 Å². The molecule has 0 aromatic heterocycles. The van der Waals surface area contributed by atoms with Crippen LogP contribution >= 0.6 is 0 Å². The molecule has 0 aliphatic heterocycles. The molecule has 0 spiro atoms. The number of carbonyl (C=O) groups is 2. The van der Waals surface area contributed by atoms with Crippen LogP contribution in [-0.4, -0.2) is 16.9 Å². The molecule has 2 aromatic rings. The maximum Gasteiger partial charge on any atom is 0.338 e. The third-order valence-electron chi connectivity index (χ3n) is 2.81. The Morgan fingerprint density at radius 3 is 2.33 bits per heavy atom. The lowest BCUT2D eigenvalue weighted by Crippen LogP contribution is -2.08. The van der Waals surface area contributed by atoms with Crippen molar-refractivity contribution in [3.05, 3.63) is 71.8 Å². The molecular formula is C17H14O4. The van der Waals surface area contributed by atoms with Gasteiger partial charge in [0.1, 0.15) is 11.5 Å². The summed E-state index contributed by atoms with van der Waals surface area (Å²) in [4.78, 5) is 23.6. The van der Waals surface area contributed by atoms with Crippen LogP contribution in [-0.2, 0) is 4.79 Å². The monoisotopic (exact) mass is 282 g/mol. The van der Waals surface area contributed by atoms with Crippen molar-refractivity contribution in [1.29, 1.82) is 0 Å². The Balaban J connectivity index is 2.26. The van der Waals surface area contributed by atoms with Crippen molar-refractivity contribution in [1.82, 2.24) is 0 Å². The van der Waals surface area contributed by atoms with Crippen LogP contribution < -0.4 is 4.74 Å². The zero-order valence-corrected chi connectivity index (χ0v) is 11.5. The van der Waals surface area contributed by atoms with Crippen molar-refractivity contribution in [3.63, 3.8) is 0 Å². The van der Waals surface area contributed by atoms with Crippen molar-refractivity contribution in [3.8, 4) is 11.5 Å². The molecule has 2 aromatic carbocycles. The highest BCUT2D eigenvalue weighted by Gasteiger charge is 2.15. The van der Waals surface area contributed by atoms with E-state index in [1.54, 1.807) is 30.3 Å². The first-order valence-electron chi connectivity index (χ1n) is 6.29. The topological polar surface area (TPSA) is 63.6 Å². The Bertz CT molecular complexity index is 702. The fourth-order valence-electron chi connectivity index (χ4n) is 1.71. The number of phenols is 1. The number of carbonyl (C=O) groups excluding carboxylic acids is 2. The van der Waals surface area contributed by atoms with Crippen LogP contribution in [0.2, 0.25) is 0 Å². The molecule has 0 atom stereocenters. The fraction of sp³-hybridized carbons (Fsp3) is 0.0588. The summed E-state index contributed by atoms with van der Waals surface area (Å²) in [5.41, 5.74) is 0.870. The number of esters is 1. The average Bonchev–Trinajstić information content (AvgIpc) is 2.47. The molecule has 0 amide bonds. The average molecular weight is 282 g/mol. The molecule has 0 bridgehead atoms. The van der Waals surface area contributed by atoms with E-state index in [9.17, 15) is 14.7 Å².